The minimum absolute atomic E-state index is 0.0548. The standard InChI is InChI=1S/C20H23N3O5S/c1-2-3-10-28-18(24)9-4-13-11-16(19(21)17(12-13)20(22)25)14-5-7-15(8-6-14)29(23,26)27/h4-9,11-12H,2-3,10,21H2,1H3,(H2,22,25)(H2,23,26,27)/b9-4+. The third kappa shape index (κ3) is 5.90. The van der Waals surface area contributed by atoms with Crippen LogP contribution in [0.2, 0.25) is 0 Å². The molecule has 0 unspecified atom stereocenters. The van der Waals surface area contributed by atoms with E-state index in [1.807, 2.05) is 6.92 Å². The fourth-order valence-corrected chi connectivity index (χ4v) is 3.08. The Labute approximate surface area is 169 Å². The van der Waals surface area contributed by atoms with Gasteiger partial charge in [0.2, 0.25) is 10.0 Å². The molecule has 0 aromatic heterocycles. The molecule has 9 heteroatoms. The van der Waals surface area contributed by atoms with Gasteiger partial charge in [0.1, 0.15) is 0 Å². The van der Waals surface area contributed by atoms with E-state index in [1.165, 1.54) is 42.5 Å². The van der Waals surface area contributed by atoms with Crippen molar-refractivity contribution in [2.75, 3.05) is 12.3 Å². The number of anilines is 1. The van der Waals surface area contributed by atoms with Crippen molar-refractivity contribution >= 4 is 33.7 Å². The van der Waals surface area contributed by atoms with E-state index in [2.05, 4.69) is 0 Å². The summed E-state index contributed by atoms with van der Waals surface area (Å²) in [4.78, 5) is 23.5. The molecular formula is C20H23N3O5S. The molecule has 8 nitrogen and oxygen atoms in total. The van der Waals surface area contributed by atoms with E-state index < -0.39 is 21.9 Å². The Hall–Kier alpha value is -3.17. The number of carbonyl (C=O) groups excluding carboxylic acids is 2. The number of benzene rings is 2. The minimum Gasteiger partial charge on any atom is -0.463 e. The maximum atomic E-state index is 11.8. The van der Waals surface area contributed by atoms with Crippen molar-refractivity contribution in [3.63, 3.8) is 0 Å². The van der Waals surface area contributed by atoms with Gasteiger partial charge in [-0.05, 0) is 47.9 Å². The third-order valence-corrected chi connectivity index (χ3v) is 5.04. The summed E-state index contributed by atoms with van der Waals surface area (Å²) in [5.74, 6) is -1.24. The number of hydrogen-bond donors (Lipinski definition) is 3. The summed E-state index contributed by atoms with van der Waals surface area (Å²) >= 11 is 0. The SMILES string of the molecule is CCCCOC(=O)/C=C/c1cc(C(N)=O)c(N)c(-c2ccc(S(N)(=O)=O)cc2)c1. The smallest absolute Gasteiger partial charge is 0.330 e. The quantitative estimate of drug-likeness (QED) is 0.258. The predicted molar refractivity (Wildman–Crippen MR) is 111 cm³/mol. The summed E-state index contributed by atoms with van der Waals surface area (Å²) in [7, 11) is -3.84. The Morgan fingerprint density at radius 2 is 1.79 bits per heavy atom. The molecule has 1 amide bonds. The highest BCUT2D eigenvalue weighted by molar-refractivity contribution is 7.89. The van der Waals surface area contributed by atoms with Crippen LogP contribution in [0, 0.1) is 0 Å². The van der Waals surface area contributed by atoms with Crippen LogP contribution in [0.5, 0.6) is 0 Å². The van der Waals surface area contributed by atoms with Gasteiger partial charge in [0.25, 0.3) is 5.91 Å². The molecule has 0 radical (unpaired) electrons. The van der Waals surface area contributed by atoms with Crippen molar-refractivity contribution in [1.29, 1.82) is 0 Å². The number of amides is 1. The van der Waals surface area contributed by atoms with Gasteiger partial charge in [-0.25, -0.2) is 18.4 Å². The Bertz CT molecular complexity index is 1040. The molecule has 0 spiro atoms. The van der Waals surface area contributed by atoms with E-state index >= 15 is 0 Å². The molecule has 0 fully saturated rings. The third-order valence-electron chi connectivity index (χ3n) is 4.12. The first-order valence-electron chi connectivity index (χ1n) is 8.85. The number of primary amides is 1. The number of hydrogen-bond acceptors (Lipinski definition) is 6. The minimum atomic E-state index is -3.84. The van der Waals surface area contributed by atoms with E-state index in [-0.39, 0.29) is 16.1 Å². The molecule has 0 aliphatic heterocycles. The zero-order valence-electron chi connectivity index (χ0n) is 15.9. The number of ether oxygens (including phenoxy) is 1. The average Bonchev–Trinajstić information content (AvgIpc) is 2.66. The van der Waals surface area contributed by atoms with Crippen molar-refractivity contribution in [1.82, 2.24) is 0 Å². The molecule has 6 N–H and O–H groups in total. The summed E-state index contributed by atoms with van der Waals surface area (Å²) in [6.07, 6.45) is 4.42. The van der Waals surface area contributed by atoms with E-state index in [4.69, 9.17) is 21.3 Å². The second kappa shape index (κ2) is 9.35. The molecule has 29 heavy (non-hydrogen) atoms. The van der Waals surface area contributed by atoms with Crippen LogP contribution in [0.4, 0.5) is 5.69 Å². The number of nitrogens with two attached hydrogens (primary N) is 3. The zero-order chi connectivity index (χ0) is 21.6. The second-order valence-corrected chi connectivity index (χ2v) is 7.88. The number of primary sulfonamides is 1. The van der Waals surface area contributed by atoms with Gasteiger partial charge < -0.3 is 16.2 Å². The highest BCUT2D eigenvalue weighted by Gasteiger charge is 2.14. The summed E-state index contributed by atoms with van der Waals surface area (Å²) in [6, 6.07) is 8.83. The first kappa shape index (κ1) is 22.1. The van der Waals surface area contributed by atoms with Crippen LogP contribution in [-0.4, -0.2) is 26.9 Å². The van der Waals surface area contributed by atoms with Crippen molar-refractivity contribution in [3.05, 3.63) is 53.6 Å². The molecule has 0 aliphatic carbocycles. The Morgan fingerprint density at radius 3 is 2.34 bits per heavy atom. The summed E-state index contributed by atoms with van der Waals surface area (Å²) < 4.78 is 27.9. The van der Waals surface area contributed by atoms with E-state index in [0.717, 1.165) is 12.8 Å². The van der Waals surface area contributed by atoms with E-state index in [0.29, 0.717) is 23.3 Å². The van der Waals surface area contributed by atoms with Gasteiger partial charge in [0.15, 0.2) is 0 Å². The number of sulfonamides is 1. The zero-order valence-corrected chi connectivity index (χ0v) is 16.7. The van der Waals surface area contributed by atoms with Gasteiger partial charge in [-0.15, -0.1) is 0 Å². The molecule has 0 saturated heterocycles. The fourth-order valence-electron chi connectivity index (χ4n) is 2.57. The molecule has 2 aromatic rings. The lowest BCUT2D eigenvalue weighted by Crippen LogP contribution is -2.14. The number of carbonyl (C=O) groups is 2. The summed E-state index contributed by atoms with van der Waals surface area (Å²) in [6.45, 7) is 2.32. The molecule has 0 saturated carbocycles. The number of unbranched alkanes of at least 4 members (excludes halogenated alkanes) is 1. The van der Waals surface area contributed by atoms with Crippen LogP contribution in [-0.2, 0) is 19.6 Å². The highest BCUT2D eigenvalue weighted by Crippen LogP contribution is 2.31. The summed E-state index contributed by atoms with van der Waals surface area (Å²) in [5, 5.41) is 5.11. The number of esters is 1. The maximum absolute atomic E-state index is 11.8. The molecule has 0 bridgehead atoms. The fraction of sp³-hybridized carbons (Fsp3) is 0.200. The molecular weight excluding hydrogens is 394 g/mol. The lowest BCUT2D eigenvalue weighted by Gasteiger charge is -2.12. The van der Waals surface area contributed by atoms with Crippen LogP contribution >= 0.6 is 0 Å². The van der Waals surface area contributed by atoms with Crippen LogP contribution in [0.15, 0.2) is 47.4 Å². The van der Waals surface area contributed by atoms with Crippen LogP contribution in [0.25, 0.3) is 17.2 Å². The van der Waals surface area contributed by atoms with Crippen molar-refractivity contribution in [2.24, 2.45) is 10.9 Å². The number of nitrogen functional groups attached to an aromatic ring is 1. The maximum Gasteiger partial charge on any atom is 0.330 e. The lowest BCUT2D eigenvalue weighted by molar-refractivity contribution is -0.137. The first-order valence-corrected chi connectivity index (χ1v) is 10.4. The van der Waals surface area contributed by atoms with E-state index in [1.54, 1.807) is 6.07 Å². The lowest BCUT2D eigenvalue weighted by atomic mass is 9.96. The van der Waals surface area contributed by atoms with E-state index in [9.17, 15) is 18.0 Å². The number of rotatable bonds is 8. The van der Waals surface area contributed by atoms with Gasteiger partial charge >= 0.3 is 5.97 Å². The monoisotopic (exact) mass is 417 g/mol. The Kier molecular flexibility index (Phi) is 7.13. The molecule has 154 valence electrons. The average molecular weight is 417 g/mol. The van der Waals surface area contributed by atoms with Crippen molar-refractivity contribution in [3.8, 4) is 11.1 Å². The van der Waals surface area contributed by atoms with Crippen LogP contribution in [0.3, 0.4) is 0 Å². The summed E-state index contributed by atoms with van der Waals surface area (Å²) in [5.41, 5.74) is 13.2. The first-order chi connectivity index (χ1) is 13.6. The van der Waals surface area contributed by atoms with Gasteiger partial charge in [-0.2, -0.15) is 0 Å². The van der Waals surface area contributed by atoms with Gasteiger partial charge in [-0.3, -0.25) is 4.79 Å². The topological polar surface area (TPSA) is 156 Å². The molecule has 2 rings (SSSR count). The Balaban J connectivity index is 2.42. The van der Waals surface area contributed by atoms with Crippen LogP contribution in [0.1, 0.15) is 35.7 Å². The van der Waals surface area contributed by atoms with Crippen LogP contribution < -0.4 is 16.6 Å². The molecule has 2 aromatic carbocycles. The molecule has 0 heterocycles. The molecule has 0 aliphatic rings. The Morgan fingerprint density at radius 1 is 1.14 bits per heavy atom. The highest BCUT2D eigenvalue weighted by atomic mass is 32.2. The van der Waals surface area contributed by atoms with Gasteiger partial charge in [0, 0.05) is 11.6 Å². The van der Waals surface area contributed by atoms with Crippen molar-refractivity contribution in [2.45, 2.75) is 24.7 Å². The predicted octanol–water partition coefficient (Wildman–Crippen LogP) is 2.04. The second-order valence-electron chi connectivity index (χ2n) is 6.32. The largest absolute Gasteiger partial charge is 0.463 e. The van der Waals surface area contributed by atoms with Crippen molar-refractivity contribution < 1.29 is 22.7 Å². The molecule has 0 atom stereocenters. The normalized spacial score (nSPS) is 11.5. The van der Waals surface area contributed by atoms with Gasteiger partial charge in [0.05, 0.1) is 22.8 Å². The van der Waals surface area contributed by atoms with Gasteiger partial charge in [-0.1, -0.05) is 25.5 Å².